The molecule has 0 aromatic carbocycles. The Kier molecular flexibility index (Phi) is 2.63. The van der Waals surface area contributed by atoms with Crippen LogP contribution in [0.4, 0.5) is 0 Å². The predicted octanol–water partition coefficient (Wildman–Crippen LogP) is 0.187. The molecule has 0 heterocycles. The van der Waals surface area contributed by atoms with Gasteiger partial charge in [-0.25, -0.2) is 9.59 Å². The van der Waals surface area contributed by atoms with Gasteiger partial charge in [-0.05, 0) is 39.5 Å². The molecule has 2 rings (SSSR count). The fourth-order valence-electron chi connectivity index (χ4n) is 1.00. The van der Waals surface area contributed by atoms with Gasteiger partial charge >= 0.3 is 11.9 Å². The van der Waals surface area contributed by atoms with Crippen molar-refractivity contribution in [3.05, 3.63) is 0 Å². The highest BCUT2D eigenvalue weighted by molar-refractivity contribution is 6.29. The lowest BCUT2D eigenvalue weighted by Gasteiger charge is -2.12. The fourth-order valence-corrected chi connectivity index (χ4v) is 1.00. The number of carbonyl (C=O) groups excluding carboxylic acids is 2. The van der Waals surface area contributed by atoms with Crippen LogP contribution in [0, 0.1) is 0 Å². The largest absolute Gasteiger partial charge is 0.437 e. The van der Waals surface area contributed by atoms with Crippen LogP contribution < -0.4 is 11.0 Å². The van der Waals surface area contributed by atoms with Crippen molar-refractivity contribution in [2.75, 3.05) is 0 Å². The molecule has 2 N–H and O–H groups in total. The van der Waals surface area contributed by atoms with Crippen molar-refractivity contribution in [2.45, 2.75) is 50.6 Å². The molecule has 0 amide bonds. The minimum atomic E-state index is -1.02. The first-order valence-corrected chi connectivity index (χ1v) is 5.39. The maximum Gasteiger partial charge on any atom is 0.437 e. The maximum absolute atomic E-state index is 11.2. The third-order valence-electron chi connectivity index (χ3n) is 2.95. The quantitative estimate of drug-likeness (QED) is 0.528. The molecule has 2 aliphatic carbocycles. The number of hydroxylamine groups is 2. The van der Waals surface area contributed by atoms with Gasteiger partial charge in [0.25, 0.3) is 0 Å². The molecular weight excluding hydrogens is 212 g/mol. The summed E-state index contributed by atoms with van der Waals surface area (Å²) in [7, 11) is 0. The van der Waals surface area contributed by atoms with Crippen LogP contribution >= 0.6 is 0 Å². The van der Waals surface area contributed by atoms with Crippen molar-refractivity contribution in [2.24, 2.45) is 0 Å². The molecular formula is C10H16N2O4. The molecule has 0 radical (unpaired) electrons. The molecule has 0 saturated heterocycles. The number of carbonyl (C=O) groups is 2. The van der Waals surface area contributed by atoms with Crippen LogP contribution in [0.15, 0.2) is 0 Å². The second-order valence-electron chi connectivity index (χ2n) is 5.10. The number of hydrogen-bond acceptors (Lipinski definition) is 6. The summed E-state index contributed by atoms with van der Waals surface area (Å²) < 4.78 is 0. The second kappa shape index (κ2) is 3.71. The topological polar surface area (TPSA) is 76.7 Å². The van der Waals surface area contributed by atoms with Gasteiger partial charge in [0, 0.05) is 0 Å². The Morgan fingerprint density at radius 2 is 1.19 bits per heavy atom. The minimum Gasteiger partial charge on any atom is -0.361 e. The number of hydrogen-bond donors (Lipinski definition) is 2. The molecule has 0 bridgehead atoms. The van der Waals surface area contributed by atoms with E-state index in [-0.39, 0.29) is 11.1 Å². The fraction of sp³-hybridized carbons (Fsp3) is 0.800. The molecule has 0 atom stereocenters. The first-order valence-electron chi connectivity index (χ1n) is 5.39. The maximum atomic E-state index is 11.2. The zero-order valence-electron chi connectivity index (χ0n) is 9.46. The average Bonchev–Trinajstić information content (AvgIpc) is 3.14. The van der Waals surface area contributed by atoms with E-state index in [1.807, 2.05) is 13.8 Å². The Morgan fingerprint density at radius 1 is 0.875 bits per heavy atom. The number of rotatable bonds is 4. The first-order chi connectivity index (χ1) is 7.43. The zero-order valence-corrected chi connectivity index (χ0v) is 9.46. The highest BCUT2D eigenvalue weighted by Crippen LogP contribution is 2.34. The summed E-state index contributed by atoms with van der Waals surface area (Å²) >= 11 is 0. The van der Waals surface area contributed by atoms with Gasteiger partial charge in [-0.1, -0.05) is 0 Å². The van der Waals surface area contributed by atoms with E-state index in [1.54, 1.807) is 0 Å². The normalized spacial score (nSPS) is 23.4. The molecule has 16 heavy (non-hydrogen) atoms. The van der Waals surface area contributed by atoms with Gasteiger partial charge in [-0.3, -0.25) is 0 Å². The Balaban J connectivity index is 1.65. The highest BCUT2D eigenvalue weighted by atomic mass is 16.7. The summed E-state index contributed by atoms with van der Waals surface area (Å²) in [5.74, 6) is -2.05. The standard InChI is InChI=1S/C10H16N2O4/c1-9(3-4-9)11-15-7(13)8(14)16-12-10(2)5-6-10/h11-12H,3-6H2,1-2H3. The summed E-state index contributed by atoms with van der Waals surface area (Å²) in [5.41, 5.74) is 4.77. The Bertz CT molecular complexity index is 289. The van der Waals surface area contributed by atoms with Gasteiger partial charge in [0.2, 0.25) is 0 Å². The third-order valence-corrected chi connectivity index (χ3v) is 2.95. The van der Waals surface area contributed by atoms with Gasteiger partial charge in [0.15, 0.2) is 0 Å². The third kappa shape index (κ3) is 2.93. The Hall–Kier alpha value is -1.14. The van der Waals surface area contributed by atoms with Gasteiger partial charge in [0.1, 0.15) is 0 Å². The summed E-state index contributed by atoms with van der Waals surface area (Å²) in [6.07, 6.45) is 3.74. The molecule has 2 saturated carbocycles. The first kappa shape index (κ1) is 11.3. The molecule has 6 heteroatoms. The molecule has 0 unspecified atom stereocenters. The lowest BCUT2D eigenvalue weighted by atomic mass is 10.4. The van der Waals surface area contributed by atoms with Gasteiger partial charge in [-0.15, -0.1) is 11.0 Å². The molecule has 0 aromatic rings. The van der Waals surface area contributed by atoms with Gasteiger partial charge < -0.3 is 9.68 Å². The molecule has 6 nitrogen and oxygen atoms in total. The van der Waals surface area contributed by atoms with E-state index in [1.165, 1.54) is 0 Å². The number of nitrogens with one attached hydrogen (secondary N) is 2. The van der Waals surface area contributed by atoms with Crippen LogP contribution in [-0.2, 0) is 19.3 Å². The van der Waals surface area contributed by atoms with Crippen molar-refractivity contribution in [1.29, 1.82) is 0 Å². The summed E-state index contributed by atoms with van der Waals surface area (Å²) in [6, 6.07) is 0. The van der Waals surface area contributed by atoms with Crippen LogP contribution in [0.5, 0.6) is 0 Å². The lowest BCUT2D eigenvalue weighted by molar-refractivity contribution is -0.179. The van der Waals surface area contributed by atoms with Gasteiger partial charge in [0.05, 0.1) is 11.1 Å². The van der Waals surface area contributed by atoms with E-state index in [0.717, 1.165) is 25.7 Å². The SMILES string of the molecule is CC1(NOC(=O)C(=O)ONC2(C)CC2)CC1. The van der Waals surface area contributed by atoms with Crippen LogP contribution in [0.2, 0.25) is 0 Å². The highest BCUT2D eigenvalue weighted by Gasteiger charge is 2.41. The zero-order chi connectivity index (χ0) is 11.8. The van der Waals surface area contributed by atoms with Crippen molar-refractivity contribution < 1.29 is 19.3 Å². The Morgan fingerprint density at radius 3 is 1.44 bits per heavy atom. The van der Waals surface area contributed by atoms with Crippen molar-refractivity contribution in [3.8, 4) is 0 Å². The second-order valence-corrected chi connectivity index (χ2v) is 5.10. The van der Waals surface area contributed by atoms with Crippen LogP contribution in [0.3, 0.4) is 0 Å². The molecule has 0 aliphatic heterocycles. The van der Waals surface area contributed by atoms with Crippen LogP contribution in [0.1, 0.15) is 39.5 Å². The van der Waals surface area contributed by atoms with Crippen molar-refractivity contribution >= 4 is 11.9 Å². The van der Waals surface area contributed by atoms with E-state index < -0.39 is 11.9 Å². The molecule has 0 spiro atoms. The van der Waals surface area contributed by atoms with Gasteiger partial charge in [-0.2, -0.15) is 0 Å². The predicted molar refractivity (Wildman–Crippen MR) is 53.7 cm³/mol. The van der Waals surface area contributed by atoms with Crippen LogP contribution in [-0.4, -0.2) is 23.0 Å². The van der Waals surface area contributed by atoms with Crippen molar-refractivity contribution in [3.63, 3.8) is 0 Å². The Labute approximate surface area is 93.6 Å². The van der Waals surface area contributed by atoms with E-state index in [2.05, 4.69) is 20.6 Å². The van der Waals surface area contributed by atoms with Crippen molar-refractivity contribution in [1.82, 2.24) is 11.0 Å². The van der Waals surface area contributed by atoms with E-state index >= 15 is 0 Å². The minimum absolute atomic E-state index is 0.161. The lowest BCUT2D eigenvalue weighted by Crippen LogP contribution is -2.38. The molecule has 90 valence electrons. The van der Waals surface area contributed by atoms with E-state index in [4.69, 9.17) is 0 Å². The smallest absolute Gasteiger partial charge is 0.361 e. The summed E-state index contributed by atoms with van der Waals surface area (Å²) in [6.45, 7) is 3.82. The molecule has 2 fully saturated rings. The molecule has 0 aromatic heterocycles. The van der Waals surface area contributed by atoms with E-state index in [0.29, 0.717) is 0 Å². The summed E-state index contributed by atoms with van der Waals surface area (Å²) in [5, 5.41) is 0. The monoisotopic (exact) mass is 228 g/mol. The average molecular weight is 228 g/mol. The van der Waals surface area contributed by atoms with Crippen LogP contribution in [0.25, 0.3) is 0 Å². The van der Waals surface area contributed by atoms with E-state index in [9.17, 15) is 9.59 Å². The molecule has 2 aliphatic rings. The summed E-state index contributed by atoms with van der Waals surface area (Å²) in [4.78, 5) is 31.5.